The average Bonchev–Trinajstić information content (AvgIpc) is 2.77. The quantitative estimate of drug-likeness (QED) is 0.517. The molecule has 1 heterocycles. The Balaban J connectivity index is 1.48. The maximum atomic E-state index is 13.4. The number of phenols is 1. The van der Waals surface area contributed by atoms with E-state index < -0.39 is 29.0 Å². The Bertz CT molecular complexity index is 1260. The lowest BCUT2D eigenvalue weighted by atomic mass is 9.93. The number of carbonyl (C=O) groups is 2. The van der Waals surface area contributed by atoms with Crippen LogP contribution in [-0.2, 0) is 5.54 Å². The number of halogens is 2. The van der Waals surface area contributed by atoms with Crippen molar-refractivity contribution in [3.8, 4) is 17.2 Å². The molecular weight excluding hydrogens is 446 g/mol. The van der Waals surface area contributed by atoms with Crippen LogP contribution in [0.5, 0.6) is 17.2 Å². The van der Waals surface area contributed by atoms with Crippen LogP contribution in [0.2, 0.25) is 0 Å². The zero-order valence-corrected chi connectivity index (χ0v) is 18.4. The minimum Gasteiger partial charge on any atom is -0.507 e. The number of hydrogen-bond acceptors (Lipinski definition) is 5. The van der Waals surface area contributed by atoms with Gasteiger partial charge in [0.2, 0.25) is 0 Å². The lowest BCUT2D eigenvalue weighted by molar-refractivity contribution is 0.0908. The standard InChI is InChI=1S/C25H22F2N2O5/c1-25(2,15-3-6-21-22(11-15)34-8-7-33-21)29-24(32)19-5-4-18(13-20(19)30)28-23(31)14-9-16(26)12-17(27)10-14/h3-6,9-13,30H,7-8H2,1-2H3,(H,28,31)(H,29,32). The summed E-state index contributed by atoms with van der Waals surface area (Å²) < 4.78 is 37.8. The molecule has 3 N–H and O–H groups in total. The monoisotopic (exact) mass is 468 g/mol. The largest absolute Gasteiger partial charge is 0.507 e. The molecule has 0 atom stereocenters. The molecule has 0 saturated heterocycles. The molecule has 9 heteroatoms. The van der Waals surface area contributed by atoms with E-state index in [-0.39, 0.29) is 22.6 Å². The highest BCUT2D eigenvalue weighted by atomic mass is 19.1. The summed E-state index contributed by atoms with van der Waals surface area (Å²) in [4.78, 5) is 25.1. The van der Waals surface area contributed by atoms with Gasteiger partial charge in [-0.1, -0.05) is 6.07 Å². The molecule has 0 fully saturated rings. The first-order valence-electron chi connectivity index (χ1n) is 10.5. The van der Waals surface area contributed by atoms with Crippen molar-refractivity contribution < 1.29 is 33.0 Å². The van der Waals surface area contributed by atoms with Crippen LogP contribution in [0.3, 0.4) is 0 Å². The molecule has 176 valence electrons. The average molecular weight is 468 g/mol. The molecule has 0 spiro atoms. The Kier molecular flexibility index (Phi) is 6.10. The van der Waals surface area contributed by atoms with Crippen LogP contribution in [0.1, 0.15) is 40.1 Å². The van der Waals surface area contributed by atoms with Crippen LogP contribution in [0.25, 0.3) is 0 Å². The molecule has 0 saturated carbocycles. The number of benzene rings is 3. The summed E-state index contributed by atoms with van der Waals surface area (Å²) in [6.07, 6.45) is 0. The summed E-state index contributed by atoms with van der Waals surface area (Å²) in [6, 6.07) is 11.7. The van der Waals surface area contributed by atoms with E-state index in [1.54, 1.807) is 26.0 Å². The van der Waals surface area contributed by atoms with Crippen LogP contribution in [0.4, 0.5) is 14.5 Å². The fourth-order valence-electron chi connectivity index (χ4n) is 3.55. The molecular formula is C25H22F2N2O5. The molecule has 0 radical (unpaired) electrons. The summed E-state index contributed by atoms with van der Waals surface area (Å²) in [5.41, 5.74) is -0.126. The van der Waals surface area contributed by atoms with Crippen LogP contribution < -0.4 is 20.1 Å². The number of anilines is 1. The predicted octanol–water partition coefficient (Wildman–Crippen LogP) is 4.36. The highest BCUT2D eigenvalue weighted by molar-refractivity contribution is 6.05. The van der Waals surface area contributed by atoms with Crippen LogP contribution >= 0.6 is 0 Å². The topological polar surface area (TPSA) is 96.9 Å². The maximum Gasteiger partial charge on any atom is 0.255 e. The number of phenolic OH excluding ortho intramolecular Hbond substituents is 1. The van der Waals surface area contributed by atoms with E-state index in [0.717, 1.165) is 17.7 Å². The van der Waals surface area contributed by atoms with Crippen LogP contribution in [0, 0.1) is 11.6 Å². The van der Waals surface area contributed by atoms with Crippen molar-refractivity contribution in [3.63, 3.8) is 0 Å². The van der Waals surface area contributed by atoms with Crippen molar-refractivity contribution >= 4 is 17.5 Å². The molecule has 4 rings (SSSR count). The summed E-state index contributed by atoms with van der Waals surface area (Å²) in [5, 5.41) is 15.7. The van der Waals surface area contributed by atoms with Gasteiger partial charge < -0.3 is 25.2 Å². The molecule has 0 aromatic heterocycles. The predicted molar refractivity (Wildman–Crippen MR) is 120 cm³/mol. The Hall–Kier alpha value is -4.14. The zero-order valence-electron chi connectivity index (χ0n) is 18.4. The first kappa shape index (κ1) is 23.0. The third-order valence-electron chi connectivity index (χ3n) is 5.31. The number of aromatic hydroxyl groups is 1. The van der Waals surface area contributed by atoms with Crippen LogP contribution in [-0.4, -0.2) is 30.1 Å². The number of rotatable bonds is 5. The van der Waals surface area contributed by atoms with Gasteiger partial charge >= 0.3 is 0 Å². The number of fused-ring (bicyclic) bond motifs is 1. The Labute approximate surface area is 194 Å². The summed E-state index contributed by atoms with van der Waals surface area (Å²) in [6.45, 7) is 4.52. The highest BCUT2D eigenvalue weighted by Crippen LogP contribution is 2.34. The van der Waals surface area contributed by atoms with Gasteiger partial charge in [0.25, 0.3) is 11.8 Å². The third kappa shape index (κ3) is 4.93. The molecule has 2 amide bonds. The van der Waals surface area contributed by atoms with E-state index in [4.69, 9.17) is 9.47 Å². The second-order valence-corrected chi connectivity index (χ2v) is 8.28. The Morgan fingerprint density at radius 1 is 0.882 bits per heavy atom. The van der Waals surface area contributed by atoms with Crippen molar-refractivity contribution in [1.29, 1.82) is 0 Å². The number of amides is 2. The minimum absolute atomic E-state index is 0.0135. The highest BCUT2D eigenvalue weighted by Gasteiger charge is 2.27. The molecule has 3 aromatic rings. The van der Waals surface area contributed by atoms with Crippen molar-refractivity contribution in [1.82, 2.24) is 5.32 Å². The number of carbonyl (C=O) groups excluding carboxylic acids is 2. The maximum absolute atomic E-state index is 13.4. The van der Waals surface area contributed by atoms with Crippen molar-refractivity contribution in [2.24, 2.45) is 0 Å². The van der Waals surface area contributed by atoms with Gasteiger partial charge in [-0.2, -0.15) is 0 Å². The second-order valence-electron chi connectivity index (χ2n) is 8.28. The molecule has 1 aliphatic rings. The number of nitrogens with one attached hydrogen (secondary N) is 2. The smallest absolute Gasteiger partial charge is 0.255 e. The van der Waals surface area contributed by atoms with Gasteiger partial charge in [0.1, 0.15) is 30.6 Å². The minimum atomic E-state index is -0.888. The third-order valence-corrected chi connectivity index (χ3v) is 5.31. The second kappa shape index (κ2) is 9.01. The van der Waals surface area contributed by atoms with Gasteiger partial charge in [-0.15, -0.1) is 0 Å². The zero-order chi connectivity index (χ0) is 24.5. The molecule has 1 aliphatic heterocycles. The molecule has 7 nitrogen and oxygen atoms in total. The van der Waals surface area contributed by atoms with Gasteiger partial charge in [0, 0.05) is 23.4 Å². The summed E-state index contributed by atoms with van der Waals surface area (Å²) in [7, 11) is 0. The number of hydrogen-bond donors (Lipinski definition) is 3. The SMILES string of the molecule is CC(C)(NC(=O)c1ccc(NC(=O)c2cc(F)cc(F)c2)cc1O)c1ccc2c(c1)OCCO2. The van der Waals surface area contributed by atoms with Crippen molar-refractivity contribution in [2.75, 3.05) is 18.5 Å². The Morgan fingerprint density at radius 3 is 2.24 bits per heavy atom. The fraction of sp³-hybridized carbons (Fsp3) is 0.200. The molecule has 0 aliphatic carbocycles. The molecule has 34 heavy (non-hydrogen) atoms. The van der Waals surface area contributed by atoms with Gasteiger partial charge in [-0.25, -0.2) is 8.78 Å². The van der Waals surface area contributed by atoms with E-state index in [0.29, 0.717) is 30.8 Å². The van der Waals surface area contributed by atoms with Gasteiger partial charge in [-0.05, 0) is 55.8 Å². The van der Waals surface area contributed by atoms with Gasteiger partial charge in [0.15, 0.2) is 11.5 Å². The van der Waals surface area contributed by atoms with E-state index in [2.05, 4.69) is 10.6 Å². The van der Waals surface area contributed by atoms with Gasteiger partial charge in [-0.3, -0.25) is 9.59 Å². The first-order chi connectivity index (χ1) is 16.1. The van der Waals surface area contributed by atoms with Crippen LogP contribution in [0.15, 0.2) is 54.6 Å². The molecule has 3 aromatic carbocycles. The molecule has 0 bridgehead atoms. The number of ether oxygens (including phenoxy) is 2. The fourth-order valence-corrected chi connectivity index (χ4v) is 3.55. The Morgan fingerprint density at radius 2 is 1.56 bits per heavy atom. The normalized spacial score (nSPS) is 12.7. The lowest BCUT2D eigenvalue weighted by Crippen LogP contribution is -2.41. The van der Waals surface area contributed by atoms with Gasteiger partial charge in [0.05, 0.1) is 11.1 Å². The molecule has 0 unspecified atom stereocenters. The lowest BCUT2D eigenvalue weighted by Gasteiger charge is -2.29. The van der Waals surface area contributed by atoms with E-state index in [1.807, 2.05) is 6.07 Å². The first-order valence-corrected chi connectivity index (χ1v) is 10.5. The summed E-state index contributed by atoms with van der Waals surface area (Å²) in [5.74, 6) is -2.24. The summed E-state index contributed by atoms with van der Waals surface area (Å²) >= 11 is 0. The van der Waals surface area contributed by atoms with E-state index in [9.17, 15) is 23.5 Å². The van der Waals surface area contributed by atoms with Crippen molar-refractivity contribution in [2.45, 2.75) is 19.4 Å². The van der Waals surface area contributed by atoms with E-state index >= 15 is 0 Å². The van der Waals surface area contributed by atoms with E-state index in [1.165, 1.54) is 18.2 Å². The van der Waals surface area contributed by atoms with Crippen molar-refractivity contribution in [3.05, 3.63) is 82.9 Å².